The zero-order chi connectivity index (χ0) is 22.4. The summed E-state index contributed by atoms with van der Waals surface area (Å²) >= 11 is 0. The molecule has 0 aromatic carbocycles. The van der Waals surface area contributed by atoms with Gasteiger partial charge in [0.25, 0.3) is 0 Å². The third-order valence-electron chi connectivity index (χ3n) is 13.7. The molecule has 1 unspecified atom stereocenters. The van der Waals surface area contributed by atoms with E-state index in [1.807, 2.05) is 0 Å². The molecule has 5 aliphatic carbocycles. The topological polar surface area (TPSA) is 17.1 Å². The van der Waals surface area contributed by atoms with E-state index in [4.69, 9.17) is 0 Å². The third-order valence-corrected chi connectivity index (χ3v) is 13.7. The van der Waals surface area contributed by atoms with Crippen molar-refractivity contribution in [1.29, 1.82) is 0 Å². The Hall–Kier alpha value is -0.330. The van der Waals surface area contributed by atoms with Gasteiger partial charge in [0.2, 0.25) is 0 Å². The van der Waals surface area contributed by atoms with Crippen molar-refractivity contribution in [1.82, 2.24) is 0 Å². The van der Waals surface area contributed by atoms with Crippen LogP contribution in [0.3, 0.4) is 0 Å². The van der Waals surface area contributed by atoms with Crippen LogP contribution in [-0.4, -0.2) is 6.29 Å². The van der Waals surface area contributed by atoms with Crippen LogP contribution < -0.4 is 0 Å². The Morgan fingerprint density at radius 1 is 0.677 bits per heavy atom. The van der Waals surface area contributed by atoms with Crippen LogP contribution in [0.25, 0.3) is 0 Å². The summed E-state index contributed by atoms with van der Waals surface area (Å²) in [7, 11) is 0. The van der Waals surface area contributed by atoms with Gasteiger partial charge >= 0.3 is 0 Å². The van der Waals surface area contributed by atoms with Gasteiger partial charge in [-0.2, -0.15) is 0 Å². The Labute approximate surface area is 192 Å². The van der Waals surface area contributed by atoms with Crippen LogP contribution >= 0.6 is 0 Å². The molecule has 10 atom stereocenters. The predicted molar refractivity (Wildman–Crippen MR) is 130 cm³/mol. The second kappa shape index (κ2) is 6.85. The largest absolute Gasteiger partial charge is 0.303 e. The van der Waals surface area contributed by atoms with Gasteiger partial charge < -0.3 is 4.79 Å². The normalized spacial score (nSPS) is 56.5. The first-order valence-corrected chi connectivity index (χ1v) is 13.9. The van der Waals surface area contributed by atoms with Gasteiger partial charge in [-0.05, 0) is 121 Å². The Kier molecular flexibility index (Phi) is 4.96. The quantitative estimate of drug-likeness (QED) is 0.406. The summed E-state index contributed by atoms with van der Waals surface area (Å²) in [5, 5.41) is 0. The summed E-state index contributed by atoms with van der Waals surface area (Å²) in [6, 6.07) is 0. The minimum atomic E-state index is 0.252. The lowest BCUT2D eigenvalue weighted by Gasteiger charge is -2.73. The molecule has 31 heavy (non-hydrogen) atoms. The summed E-state index contributed by atoms with van der Waals surface area (Å²) < 4.78 is 0. The first kappa shape index (κ1) is 22.5. The second-order valence-electron chi connectivity index (χ2n) is 14.8. The Bertz CT molecular complexity index is 739. The Morgan fingerprint density at radius 2 is 1.29 bits per heavy atom. The monoisotopic (exact) mass is 426 g/mol. The second-order valence-corrected chi connectivity index (χ2v) is 14.8. The maximum atomic E-state index is 11.7. The smallest absolute Gasteiger partial charge is 0.123 e. The van der Waals surface area contributed by atoms with Gasteiger partial charge in [0.1, 0.15) is 6.29 Å². The van der Waals surface area contributed by atoms with Crippen molar-refractivity contribution in [2.24, 2.45) is 62.6 Å². The molecule has 0 amide bonds. The zero-order valence-electron chi connectivity index (χ0n) is 21.7. The van der Waals surface area contributed by atoms with Gasteiger partial charge in [-0.1, -0.05) is 54.9 Å². The highest BCUT2D eigenvalue weighted by Gasteiger charge is 2.70. The number of carbonyl (C=O) groups excluding carboxylic acids is 1. The molecule has 5 aliphatic rings. The molecule has 0 heterocycles. The van der Waals surface area contributed by atoms with Gasteiger partial charge in [-0.25, -0.2) is 0 Å². The van der Waals surface area contributed by atoms with E-state index in [2.05, 4.69) is 48.5 Å². The summed E-state index contributed by atoms with van der Waals surface area (Å²) in [4.78, 5) is 11.7. The number of fused-ring (bicyclic) bond motifs is 7. The van der Waals surface area contributed by atoms with E-state index in [9.17, 15) is 4.79 Å². The van der Waals surface area contributed by atoms with Crippen LogP contribution in [0, 0.1) is 62.6 Å². The average Bonchev–Trinajstić information content (AvgIpc) is 3.04. The van der Waals surface area contributed by atoms with Gasteiger partial charge in [-0.3, -0.25) is 0 Å². The van der Waals surface area contributed by atoms with Crippen molar-refractivity contribution in [2.75, 3.05) is 0 Å². The van der Waals surface area contributed by atoms with E-state index in [-0.39, 0.29) is 5.92 Å². The number of hydrogen-bond donors (Lipinski definition) is 0. The van der Waals surface area contributed by atoms with Gasteiger partial charge in [-0.15, -0.1) is 0 Å². The standard InChI is InChI=1S/C30H50O/c1-20(19-31)21-11-16-27(4)22(21)12-17-29(6)24(27)9-10-25-28(5)15-8-14-26(2,3)23(28)13-18-30(25,29)7/h19-25H,8-18H2,1-7H3/t20-,21-,22+,23?,24-,25-,27+,28+,29-,30-/m1/s1. The number of rotatable bonds is 2. The fourth-order valence-electron chi connectivity index (χ4n) is 12.1. The minimum Gasteiger partial charge on any atom is -0.303 e. The van der Waals surface area contributed by atoms with Crippen LogP contribution in [0.2, 0.25) is 0 Å². The van der Waals surface area contributed by atoms with E-state index in [1.54, 1.807) is 0 Å². The van der Waals surface area contributed by atoms with E-state index in [0.29, 0.717) is 33.0 Å². The molecule has 0 aliphatic heterocycles. The molecular weight excluding hydrogens is 376 g/mol. The third kappa shape index (κ3) is 2.70. The predicted octanol–water partition coefficient (Wildman–Crippen LogP) is 8.31. The first-order chi connectivity index (χ1) is 14.4. The lowest BCUT2D eigenvalue weighted by Crippen LogP contribution is -2.65. The molecule has 0 bridgehead atoms. The maximum Gasteiger partial charge on any atom is 0.123 e. The molecular formula is C30H50O. The van der Waals surface area contributed by atoms with Crippen LogP contribution in [0.15, 0.2) is 0 Å². The molecule has 5 fully saturated rings. The number of hydrogen-bond acceptors (Lipinski definition) is 1. The first-order valence-electron chi connectivity index (χ1n) is 13.9. The van der Waals surface area contributed by atoms with Crippen molar-refractivity contribution >= 4 is 6.29 Å². The molecule has 0 aromatic rings. The fourth-order valence-corrected chi connectivity index (χ4v) is 12.1. The molecule has 176 valence electrons. The highest BCUT2D eigenvalue weighted by molar-refractivity contribution is 5.53. The van der Waals surface area contributed by atoms with E-state index < -0.39 is 0 Å². The molecule has 1 nitrogen and oxygen atoms in total. The van der Waals surface area contributed by atoms with Gasteiger partial charge in [0.15, 0.2) is 0 Å². The highest BCUT2D eigenvalue weighted by atomic mass is 16.1. The van der Waals surface area contributed by atoms with Crippen molar-refractivity contribution in [3.63, 3.8) is 0 Å². The Morgan fingerprint density at radius 3 is 1.94 bits per heavy atom. The molecule has 0 spiro atoms. The summed E-state index contributed by atoms with van der Waals surface area (Å²) in [6.45, 7) is 18.3. The van der Waals surface area contributed by atoms with Crippen molar-refractivity contribution in [3.8, 4) is 0 Å². The van der Waals surface area contributed by atoms with Crippen LogP contribution in [0.1, 0.15) is 119 Å². The number of aldehydes is 1. The molecule has 5 rings (SSSR count). The van der Waals surface area contributed by atoms with Crippen LogP contribution in [0.4, 0.5) is 0 Å². The molecule has 0 aromatic heterocycles. The lowest BCUT2D eigenvalue weighted by atomic mass is 9.32. The average molecular weight is 427 g/mol. The fraction of sp³-hybridized carbons (Fsp3) is 0.967. The summed E-state index contributed by atoms with van der Waals surface area (Å²) in [5.41, 5.74) is 2.52. The van der Waals surface area contributed by atoms with Crippen molar-refractivity contribution in [2.45, 2.75) is 119 Å². The van der Waals surface area contributed by atoms with Crippen LogP contribution in [-0.2, 0) is 4.79 Å². The SMILES string of the molecule is C[C@H](C=O)[C@H]1CC[C@]2(C)[C@H]3CC[C@@H]4[C@@]5(C)CCCC(C)(C)C5CC[C@@]4(C)[C@]3(C)CC[C@@H]12. The van der Waals surface area contributed by atoms with Gasteiger partial charge in [0.05, 0.1) is 0 Å². The van der Waals surface area contributed by atoms with E-state index in [1.165, 1.54) is 76.9 Å². The summed E-state index contributed by atoms with van der Waals surface area (Å²) in [5.74, 6) is 4.37. The maximum absolute atomic E-state index is 11.7. The molecule has 0 saturated heterocycles. The highest BCUT2D eigenvalue weighted by Crippen LogP contribution is 2.77. The van der Waals surface area contributed by atoms with E-state index >= 15 is 0 Å². The Balaban J connectivity index is 1.51. The minimum absolute atomic E-state index is 0.252. The van der Waals surface area contributed by atoms with Crippen molar-refractivity contribution in [3.05, 3.63) is 0 Å². The molecule has 5 saturated carbocycles. The van der Waals surface area contributed by atoms with Crippen molar-refractivity contribution < 1.29 is 4.79 Å². The molecule has 0 radical (unpaired) electrons. The zero-order valence-corrected chi connectivity index (χ0v) is 21.7. The summed E-state index contributed by atoms with van der Waals surface area (Å²) in [6.07, 6.45) is 16.9. The van der Waals surface area contributed by atoms with E-state index in [0.717, 1.165) is 23.7 Å². The van der Waals surface area contributed by atoms with Gasteiger partial charge in [0, 0.05) is 5.92 Å². The number of carbonyl (C=O) groups is 1. The lowest BCUT2D eigenvalue weighted by molar-refractivity contribution is -0.241. The molecule has 0 N–H and O–H groups in total. The van der Waals surface area contributed by atoms with Crippen LogP contribution in [0.5, 0.6) is 0 Å². The molecule has 1 heteroatoms.